The highest BCUT2D eigenvalue weighted by molar-refractivity contribution is 7.99. The maximum atomic E-state index is 6.05. The van der Waals surface area contributed by atoms with Gasteiger partial charge < -0.3 is 10.1 Å². The predicted octanol–water partition coefficient (Wildman–Crippen LogP) is 3.46. The molecule has 2 rings (SSSR count). The molecule has 0 bridgehead atoms. The molecule has 0 amide bonds. The van der Waals surface area contributed by atoms with Crippen molar-refractivity contribution in [2.24, 2.45) is 5.92 Å². The molecule has 1 heterocycles. The van der Waals surface area contributed by atoms with Gasteiger partial charge in [0.1, 0.15) is 0 Å². The largest absolute Gasteiger partial charge is 0.375 e. The number of thioether (sulfide) groups is 1. The van der Waals surface area contributed by atoms with E-state index in [4.69, 9.17) is 4.74 Å². The summed E-state index contributed by atoms with van der Waals surface area (Å²) >= 11 is 2.10. The highest BCUT2D eigenvalue weighted by Gasteiger charge is 2.44. The average molecular weight is 271 g/mol. The Labute approximate surface area is 117 Å². The molecule has 0 aromatic rings. The SMILES string of the molecule is CCNC(CSC(C)C)C1CCOC2(CCC2)C1. The monoisotopic (exact) mass is 271 g/mol. The van der Waals surface area contributed by atoms with Gasteiger partial charge in [-0.3, -0.25) is 0 Å². The summed E-state index contributed by atoms with van der Waals surface area (Å²) in [5.41, 5.74) is 0.291. The number of rotatable bonds is 6. The Morgan fingerprint density at radius 1 is 1.39 bits per heavy atom. The Kier molecular flexibility index (Phi) is 5.40. The van der Waals surface area contributed by atoms with Gasteiger partial charge in [0.2, 0.25) is 0 Å². The quantitative estimate of drug-likeness (QED) is 0.799. The van der Waals surface area contributed by atoms with E-state index in [1.165, 1.54) is 37.9 Å². The van der Waals surface area contributed by atoms with Crippen molar-refractivity contribution in [2.75, 3.05) is 18.9 Å². The zero-order chi connectivity index (χ0) is 13.0. The maximum Gasteiger partial charge on any atom is 0.0685 e. The number of nitrogens with one attached hydrogen (secondary N) is 1. The van der Waals surface area contributed by atoms with Crippen molar-refractivity contribution in [3.05, 3.63) is 0 Å². The molecular weight excluding hydrogens is 242 g/mol. The Hall–Kier alpha value is 0.270. The summed E-state index contributed by atoms with van der Waals surface area (Å²) in [6, 6.07) is 0.684. The van der Waals surface area contributed by atoms with Crippen molar-refractivity contribution in [3.8, 4) is 0 Å². The zero-order valence-electron chi connectivity index (χ0n) is 12.2. The summed E-state index contributed by atoms with van der Waals surface area (Å²) in [6.07, 6.45) is 6.53. The second-order valence-corrected chi connectivity index (χ2v) is 7.79. The minimum atomic E-state index is 0.291. The van der Waals surface area contributed by atoms with Crippen molar-refractivity contribution in [1.29, 1.82) is 0 Å². The van der Waals surface area contributed by atoms with Crippen LogP contribution in [0, 0.1) is 5.92 Å². The van der Waals surface area contributed by atoms with Gasteiger partial charge in [-0.05, 0) is 49.8 Å². The van der Waals surface area contributed by atoms with E-state index in [1.807, 2.05) is 0 Å². The van der Waals surface area contributed by atoms with E-state index in [-0.39, 0.29) is 0 Å². The molecule has 0 aromatic carbocycles. The highest BCUT2D eigenvalue weighted by atomic mass is 32.2. The minimum Gasteiger partial charge on any atom is -0.375 e. The fourth-order valence-electron chi connectivity index (χ4n) is 3.25. The van der Waals surface area contributed by atoms with Crippen molar-refractivity contribution in [3.63, 3.8) is 0 Å². The lowest BCUT2D eigenvalue weighted by Crippen LogP contribution is -2.51. The van der Waals surface area contributed by atoms with Gasteiger partial charge in [0.15, 0.2) is 0 Å². The van der Waals surface area contributed by atoms with Crippen LogP contribution in [0.25, 0.3) is 0 Å². The molecule has 2 unspecified atom stereocenters. The summed E-state index contributed by atoms with van der Waals surface area (Å²) in [5, 5.41) is 4.46. The van der Waals surface area contributed by atoms with Crippen molar-refractivity contribution in [2.45, 2.75) is 69.8 Å². The second kappa shape index (κ2) is 6.62. The molecule has 2 fully saturated rings. The molecule has 1 spiro atoms. The van der Waals surface area contributed by atoms with Gasteiger partial charge in [-0.25, -0.2) is 0 Å². The fraction of sp³-hybridized carbons (Fsp3) is 1.00. The summed E-state index contributed by atoms with van der Waals surface area (Å²) in [7, 11) is 0. The number of hydrogen-bond acceptors (Lipinski definition) is 3. The molecule has 1 saturated carbocycles. The third-order valence-electron chi connectivity index (χ3n) is 4.44. The van der Waals surface area contributed by atoms with Gasteiger partial charge in [0.05, 0.1) is 5.60 Å². The van der Waals surface area contributed by atoms with Crippen LogP contribution in [-0.4, -0.2) is 35.8 Å². The van der Waals surface area contributed by atoms with Crippen LogP contribution in [0.2, 0.25) is 0 Å². The van der Waals surface area contributed by atoms with Crippen LogP contribution in [0.5, 0.6) is 0 Å². The van der Waals surface area contributed by atoms with Crippen LogP contribution >= 0.6 is 11.8 Å². The van der Waals surface area contributed by atoms with E-state index >= 15 is 0 Å². The first kappa shape index (κ1) is 14.7. The molecule has 2 nitrogen and oxygen atoms in total. The van der Waals surface area contributed by atoms with Crippen molar-refractivity contribution in [1.82, 2.24) is 5.32 Å². The first-order valence-corrected chi connectivity index (χ1v) is 8.69. The smallest absolute Gasteiger partial charge is 0.0685 e. The van der Waals surface area contributed by atoms with E-state index in [0.29, 0.717) is 11.6 Å². The molecule has 2 aliphatic rings. The molecule has 106 valence electrons. The lowest BCUT2D eigenvalue weighted by atomic mass is 9.70. The summed E-state index contributed by atoms with van der Waals surface area (Å²) in [6.45, 7) is 8.90. The average Bonchev–Trinajstić information content (AvgIpc) is 2.32. The summed E-state index contributed by atoms with van der Waals surface area (Å²) < 4.78 is 6.05. The first-order valence-electron chi connectivity index (χ1n) is 7.64. The Morgan fingerprint density at radius 2 is 2.17 bits per heavy atom. The van der Waals surface area contributed by atoms with E-state index in [0.717, 1.165) is 24.3 Å². The van der Waals surface area contributed by atoms with Gasteiger partial charge in [-0.2, -0.15) is 11.8 Å². The molecule has 1 saturated heterocycles. The second-order valence-electron chi connectivity index (χ2n) is 6.18. The van der Waals surface area contributed by atoms with Crippen LogP contribution < -0.4 is 5.32 Å². The van der Waals surface area contributed by atoms with Crippen molar-refractivity contribution >= 4 is 11.8 Å². The third-order valence-corrected chi connectivity index (χ3v) is 5.66. The van der Waals surface area contributed by atoms with Crippen LogP contribution in [0.1, 0.15) is 52.9 Å². The number of hydrogen-bond donors (Lipinski definition) is 1. The Balaban J connectivity index is 1.87. The van der Waals surface area contributed by atoms with E-state index < -0.39 is 0 Å². The van der Waals surface area contributed by atoms with E-state index in [9.17, 15) is 0 Å². The molecule has 0 radical (unpaired) electrons. The topological polar surface area (TPSA) is 21.3 Å². The minimum absolute atomic E-state index is 0.291. The molecule has 1 N–H and O–H groups in total. The molecule has 2 atom stereocenters. The van der Waals surface area contributed by atoms with Gasteiger partial charge >= 0.3 is 0 Å². The standard InChI is InChI=1S/C15H29NOS/c1-4-16-14(11-18-12(2)3)13-6-9-17-15(10-13)7-5-8-15/h12-14,16H,4-11H2,1-3H3. The summed E-state index contributed by atoms with van der Waals surface area (Å²) in [4.78, 5) is 0. The van der Waals surface area contributed by atoms with Gasteiger partial charge in [-0.15, -0.1) is 0 Å². The third kappa shape index (κ3) is 3.64. The molecule has 1 aliphatic heterocycles. The van der Waals surface area contributed by atoms with E-state index in [1.54, 1.807) is 0 Å². The van der Waals surface area contributed by atoms with Crippen LogP contribution in [0.4, 0.5) is 0 Å². The normalized spacial score (nSPS) is 28.3. The number of ether oxygens (including phenoxy) is 1. The van der Waals surface area contributed by atoms with E-state index in [2.05, 4.69) is 37.8 Å². The lowest BCUT2D eigenvalue weighted by Gasteiger charge is -2.49. The summed E-state index contributed by atoms with van der Waals surface area (Å²) in [5.74, 6) is 2.08. The molecule has 3 heteroatoms. The lowest BCUT2D eigenvalue weighted by molar-refractivity contribution is -0.146. The zero-order valence-corrected chi connectivity index (χ0v) is 13.0. The fourth-order valence-corrected chi connectivity index (χ4v) is 4.23. The molecule has 18 heavy (non-hydrogen) atoms. The van der Waals surface area contributed by atoms with Crippen LogP contribution in [-0.2, 0) is 4.74 Å². The Morgan fingerprint density at radius 3 is 2.72 bits per heavy atom. The van der Waals surface area contributed by atoms with Crippen LogP contribution in [0.15, 0.2) is 0 Å². The molecular formula is C15H29NOS. The van der Waals surface area contributed by atoms with Gasteiger partial charge in [0, 0.05) is 18.4 Å². The molecule has 0 aromatic heterocycles. The highest BCUT2D eigenvalue weighted by Crippen LogP contribution is 2.45. The van der Waals surface area contributed by atoms with Crippen molar-refractivity contribution < 1.29 is 4.74 Å². The van der Waals surface area contributed by atoms with Gasteiger partial charge in [0.25, 0.3) is 0 Å². The molecule has 1 aliphatic carbocycles. The Bertz CT molecular complexity index is 253. The van der Waals surface area contributed by atoms with Crippen LogP contribution in [0.3, 0.4) is 0 Å². The predicted molar refractivity (Wildman–Crippen MR) is 80.3 cm³/mol. The van der Waals surface area contributed by atoms with Gasteiger partial charge in [-0.1, -0.05) is 20.8 Å². The maximum absolute atomic E-state index is 6.05. The first-order chi connectivity index (χ1) is 8.65.